The molecule has 0 radical (unpaired) electrons. The second-order valence-corrected chi connectivity index (χ2v) is 4.75. The lowest BCUT2D eigenvalue weighted by Gasteiger charge is -2.09. The zero-order valence-electron chi connectivity index (χ0n) is 9.14. The first-order valence-corrected chi connectivity index (χ1v) is 6.31. The number of amides is 3. The fraction of sp³-hybridized carbons (Fsp3) is 0.500. The Morgan fingerprint density at radius 1 is 1.35 bits per heavy atom. The van der Waals surface area contributed by atoms with Crippen LogP contribution in [0.15, 0.2) is 12.2 Å². The second-order valence-electron chi connectivity index (χ2n) is 3.60. The number of urea groups is 1. The molecule has 17 heavy (non-hydrogen) atoms. The molecule has 0 aromatic heterocycles. The first kappa shape index (κ1) is 13.6. The topological polar surface area (TPSA) is 95.5 Å². The van der Waals surface area contributed by atoms with Crippen molar-refractivity contribution in [1.82, 2.24) is 10.6 Å². The summed E-state index contributed by atoms with van der Waals surface area (Å²) in [6, 6.07) is -0.595. The van der Waals surface area contributed by atoms with Gasteiger partial charge in [-0.25, -0.2) is 9.59 Å². The smallest absolute Gasteiger partial charge is 0.328 e. The van der Waals surface area contributed by atoms with Gasteiger partial charge < -0.3 is 10.4 Å². The number of carboxylic acid groups (broad SMARTS) is 1. The average Bonchev–Trinajstić information content (AvgIpc) is 2.76. The van der Waals surface area contributed by atoms with Crippen LogP contribution in [0.1, 0.15) is 6.42 Å². The van der Waals surface area contributed by atoms with Crippen molar-refractivity contribution in [3.63, 3.8) is 0 Å². The van der Waals surface area contributed by atoms with E-state index < -0.39 is 17.9 Å². The summed E-state index contributed by atoms with van der Waals surface area (Å²) < 4.78 is 0. The van der Waals surface area contributed by atoms with Gasteiger partial charge in [-0.2, -0.15) is 11.8 Å². The number of nitrogens with one attached hydrogen (secondary N) is 2. The standard InChI is InChI=1S/C10H14N2O4S/c13-8(1-2-9(14)15)12-10(16)11-5-7-3-4-17-6-7/h1-2,7H,3-6H2,(H,14,15)(H2,11,12,13,16)/b2-1+. The number of thioether (sulfide) groups is 1. The van der Waals surface area contributed by atoms with Crippen LogP contribution < -0.4 is 10.6 Å². The van der Waals surface area contributed by atoms with Crippen molar-refractivity contribution in [2.45, 2.75) is 6.42 Å². The summed E-state index contributed by atoms with van der Waals surface area (Å²) in [6.07, 6.45) is 2.54. The summed E-state index contributed by atoms with van der Waals surface area (Å²) in [5, 5.41) is 12.9. The molecule has 1 unspecified atom stereocenters. The van der Waals surface area contributed by atoms with Crippen LogP contribution in [0.5, 0.6) is 0 Å². The molecule has 1 heterocycles. The lowest BCUT2D eigenvalue weighted by molar-refractivity contribution is -0.131. The number of hydrogen-bond acceptors (Lipinski definition) is 4. The normalized spacial score (nSPS) is 19.2. The third kappa shape index (κ3) is 5.96. The molecule has 7 heteroatoms. The van der Waals surface area contributed by atoms with E-state index in [4.69, 9.17) is 5.11 Å². The Hall–Kier alpha value is -1.50. The van der Waals surface area contributed by atoms with Crippen LogP contribution in [0, 0.1) is 5.92 Å². The highest BCUT2D eigenvalue weighted by Gasteiger charge is 2.16. The van der Waals surface area contributed by atoms with Gasteiger partial charge in [0.2, 0.25) is 0 Å². The van der Waals surface area contributed by atoms with Gasteiger partial charge in [0.1, 0.15) is 0 Å². The maximum Gasteiger partial charge on any atom is 0.328 e. The van der Waals surface area contributed by atoms with E-state index in [0.29, 0.717) is 18.5 Å². The molecule has 1 rings (SSSR count). The Morgan fingerprint density at radius 3 is 2.71 bits per heavy atom. The predicted octanol–water partition coefficient (Wildman–Crippen LogP) is 0.206. The van der Waals surface area contributed by atoms with Gasteiger partial charge in [-0.15, -0.1) is 0 Å². The largest absolute Gasteiger partial charge is 0.478 e. The van der Waals surface area contributed by atoms with Gasteiger partial charge >= 0.3 is 12.0 Å². The molecule has 0 saturated carbocycles. The van der Waals surface area contributed by atoms with Gasteiger partial charge in [-0.3, -0.25) is 10.1 Å². The molecule has 0 spiro atoms. The molecule has 1 aliphatic heterocycles. The lowest BCUT2D eigenvalue weighted by atomic mass is 10.1. The summed E-state index contributed by atoms with van der Waals surface area (Å²) in [4.78, 5) is 32.4. The van der Waals surface area contributed by atoms with Crippen molar-refractivity contribution in [2.24, 2.45) is 5.92 Å². The number of imide groups is 1. The Labute approximate surface area is 103 Å². The molecular weight excluding hydrogens is 244 g/mol. The number of carbonyl (C=O) groups is 3. The highest BCUT2D eigenvalue weighted by Crippen LogP contribution is 2.22. The minimum Gasteiger partial charge on any atom is -0.478 e. The average molecular weight is 258 g/mol. The minimum absolute atomic E-state index is 0.454. The minimum atomic E-state index is -1.23. The summed E-state index contributed by atoms with van der Waals surface area (Å²) in [6.45, 7) is 0.536. The van der Waals surface area contributed by atoms with Crippen LogP contribution in [0.25, 0.3) is 0 Å². The molecule has 1 saturated heterocycles. The molecule has 1 aliphatic rings. The van der Waals surface area contributed by atoms with Crippen molar-refractivity contribution in [3.8, 4) is 0 Å². The molecule has 3 N–H and O–H groups in total. The quantitative estimate of drug-likeness (QED) is 0.626. The van der Waals surface area contributed by atoms with Crippen LogP contribution >= 0.6 is 11.8 Å². The van der Waals surface area contributed by atoms with Gasteiger partial charge in [0, 0.05) is 18.7 Å². The van der Waals surface area contributed by atoms with Crippen LogP contribution in [0.3, 0.4) is 0 Å². The zero-order valence-corrected chi connectivity index (χ0v) is 9.96. The second kappa shape index (κ2) is 6.95. The van der Waals surface area contributed by atoms with Crippen LogP contribution in [0.4, 0.5) is 4.79 Å². The lowest BCUT2D eigenvalue weighted by Crippen LogP contribution is -2.40. The summed E-state index contributed by atoms with van der Waals surface area (Å²) in [7, 11) is 0. The number of carbonyl (C=O) groups excluding carboxylic acids is 2. The van der Waals surface area contributed by atoms with Gasteiger partial charge in [-0.1, -0.05) is 0 Å². The van der Waals surface area contributed by atoms with E-state index in [0.717, 1.165) is 24.0 Å². The van der Waals surface area contributed by atoms with E-state index in [1.54, 1.807) is 0 Å². The fourth-order valence-corrected chi connectivity index (χ4v) is 2.61. The Morgan fingerprint density at radius 2 is 2.12 bits per heavy atom. The summed E-state index contributed by atoms with van der Waals surface area (Å²) in [5.41, 5.74) is 0. The van der Waals surface area contributed by atoms with Gasteiger partial charge in [-0.05, 0) is 23.8 Å². The summed E-state index contributed by atoms with van der Waals surface area (Å²) in [5.74, 6) is 0.603. The predicted molar refractivity (Wildman–Crippen MR) is 63.7 cm³/mol. The Balaban J connectivity index is 2.19. The molecule has 1 fully saturated rings. The van der Waals surface area contributed by atoms with Crippen molar-refractivity contribution in [2.75, 3.05) is 18.1 Å². The van der Waals surface area contributed by atoms with Crippen molar-refractivity contribution in [3.05, 3.63) is 12.2 Å². The molecular formula is C10H14N2O4S. The Bertz CT molecular complexity index is 337. The van der Waals surface area contributed by atoms with E-state index in [1.165, 1.54) is 0 Å². The number of carboxylic acids is 1. The van der Waals surface area contributed by atoms with Gasteiger partial charge in [0.15, 0.2) is 0 Å². The van der Waals surface area contributed by atoms with E-state index >= 15 is 0 Å². The van der Waals surface area contributed by atoms with Gasteiger partial charge in [0.05, 0.1) is 0 Å². The number of hydrogen-bond donors (Lipinski definition) is 3. The maximum absolute atomic E-state index is 11.2. The molecule has 0 aromatic rings. The van der Waals surface area contributed by atoms with E-state index in [1.807, 2.05) is 17.1 Å². The van der Waals surface area contributed by atoms with E-state index in [2.05, 4.69) is 5.32 Å². The first-order chi connectivity index (χ1) is 8.08. The number of rotatable bonds is 4. The first-order valence-electron chi connectivity index (χ1n) is 5.15. The van der Waals surface area contributed by atoms with Crippen LogP contribution in [-0.2, 0) is 9.59 Å². The molecule has 1 atom stereocenters. The van der Waals surface area contributed by atoms with Crippen molar-refractivity contribution < 1.29 is 19.5 Å². The molecule has 0 bridgehead atoms. The molecule has 6 nitrogen and oxygen atoms in total. The Kier molecular flexibility index (Phi) is 5.55. The maximum atomic E-state index is 11.2. The van der Waals surface area contributed by atoms with Crippen molar-refractivity contribution >= 4 is 29.7 Å². The highest BCUT2D eigenvalue weighted by molar-refractivity contribution is 7.99. The third-order valence-electron chi connectivity index (χ3n) is 2.19. The van der Waals surface area contributed by atoms with Crippen LogP contribution in [0.2, 0.25) is 0 Å². The molecule has 0 aromatic carbocycles. The zero-order chi connectivity index (χ0) is 12.7. The van der Waals surface area contributed by atoms with Gasteiger partial charge in [0.25, 0.3) is 5.91 Å². The molecule has 94 valence electrons. The SMILES string of the molecule is O=C(O)/C=C/C(=O)NC(=O)NCC1CCSC1. The number of aliphatic carboxylic acids is 1. The highest BCUT2D eigenvalue weighted by atomic mass is 32.2. The third-order valence-corrected chi connectivity index (χ3v) is 3.42. The van der Waals surface area contributed by atoms with E-state index in [9.17, 15) is 14.4 Å². The monoisotopic (exact) mass is 258 g/mol. The summed E-state index contributed by atoms with van der Waals surface area (Å²) >= 11 is 1.84. The fourth-order valence-electron chi connectivity index (χ4n) is 1.33. The molecule has 0 aliphatic carbocycles. The van der Waals surface area contributed by atoms with Crippen molar-refractivity contribution in [1.29, 1.82) is 0 Å². The van der Waals surface area contributed by atoms with Crippen LogP contribution in [-0.4, -0.2) is 41.1 Å². The van der Waals surface area contributed by atoms with E-state index in [-0.39, 0.29) is 0 Å². The molecule has 3 amide bonds.